The third-order valence-corrected chi connectivity index (χ3v) is 7.84. The molecule has 130 valence electrons. The van der Waals surface area contributed by atoms with E-state index in [-0.39, 0.29) is 17.5 Å². The van der Waals surface area contributed by atoms with Gasteiger partial charge in [-0.1, -0.05) is 29.8 Å². The minimum atomic E-state index is -0.133. The highest BCUT2D eigenvalue weighted by Gasteiger charge is 2.74. The Morgan fingerprint density at radius 3 is 3.00 bits per heavy atom. The number of benzene rings is 1. The lowest BCUT2D eigenvalue weighted by Crippen LogP contribution is -2.66. The van der Waals surface area contributed by atoms with Gasteiger partial charge in [0.15, 0.2) is 0 Å². The van der Waals surface area contributed by atoms with E-state index in [2.05, 4.69) is 47.5 Å². The lowest BCUT2D eigenvalue weighted by molar-refractivity contribution is -0.152. The smallest absolute Gasteiger partial charge is 0.302 e. The number of piperidine rings is 4. The Labute approximate surface area is 148 Å². The second-order valence-corrected chi connectivity index (χ2v) is 8.53. The first kappa shape index (κ1) is 14.4. The number of carbonyl (C=O) groups is 1. The van der Waals surface area contributed by atoms with E-state index >= 15 is 0 Å². The van der Waals surface area contributed by atoms with Gasteiger partial charge in [-0.3, -0.25) is 9.69 Å². The molecule has 5 bridgehead atoms. The SMILES string of the molecule is C/C=C1/CN2[C@H]3C[C@@]45c6ccccc6N[C@H]4[C@@H]2C[C@@H]1[C@@H]3[C@H]5OC(C)=O. The Morgan fingerprint density at radius 2 is 2.20 bits per heavy atom. The fraction of sp³-hybridized carbons (Fsp3) is 0.571. The van der Waals surface area contributed by atoms with Crippen molar-refractivity contribution in [2.45, 2.75) is 56.3 Å². The number of rotatable bonds is 1. The number of carbonyl (C=O) groups excluding carboxylic acids is 1. The molecule has 1 saturated carbocycles. The first-order valence-electron chi connectivity index (χ1n) is 9.59. The minimum absolute atomic E-state index is 0.00796. The maximum atomic E-state index is 12.0. The van der Waals surface area contributed by atoms with Crippen molar-refractivity contribution in [1.82, 2.24) is 4.90 Å². The van der Waals surface area contributed by atoms with Crippen LogP contribution in [0.15, 0.2) is 35.9 Å². The van der Waals surface area contributed by atoms with E-state index in [0.29, 0.717) is 30.0 Å². The van der Waals surface area contributed by atoms with Crippen molar-refractivity contribution < 1.29 is 9.53 Å². The molecular weight excluding hydrogens is 312 g/mol. The van der Waals surface area contributed by atoms with Crippen LogP contribution in [0.3, 0.4) is 0 Å². The van der Waals surface area contributed by atoms with Gasteiger partial charge in [0.1, 0.15) is 6.10 Å². The quantitative estimate of drug-likeness (QED) is 0.632. The molecule has 0 amide bonds. The average Bonchev–Trinajstić information content (AvgIpc) is 3.09. The van der Waals surface area contributed by atoms with E-state index in [1.54, 1.807) is 12.5 Å². The Balaban J connectivity index is 1.59. The molecule has 4 heteroatoms. The monoisotopic (exact) mass is 336 g/mol. The highest BCUT2D eigenvalue weighted by atomic mass is 16.5. The highest BCUT2D eigenvalue weighted by molar-refractivity contribution is 5.69. The Bertz CT molecular complexity index is 818. The number of hydrogen-bond donors (Lipinski definition) is 1. The Hall–Kier alpha value is -1.81. The van der Waals surface area contributed by atoms with Crippen molar-refractivity contribution in [3.05, 3.63) is 41.5 Å². The zero-order valence-corrected chi connectivity index (χ0v) is 14.7. The number of nitrogens with one attached hydrogen (secondary N) is 1. The van der Waals surface area contributed by atoms with Crippen molar-refractivity contribution in [1.29, 1.82) is 0 Å². The van der Waals surface area contributed by atoms with E-state index in [1.807, 2.05) is 0 Å². The predicted octanol–water partition coefficient (Wildman–Crippen LogP) is 2.70. The van der Waals surface area contributed by atoms with Crippen molar-refractivity contribution in [3.8, 4) is 0 Å². The second-order valence-electron chi connectivity index (χ2n) is 8.53. The van der Waals surface area contributed by atoms with Gasteiger partial charge in [-0.25, -0.2) is 0 Å². The van der Waals surface area contributed by atoms with Gasteiger partial charge < -0.3 is 10.1 Å². The third-order valence-electron chi connectivity index (χ3n) is 7.84. The van der Waals surface area contributed by atoms with Crippen molar-refractivity contribution in [2.24, 2.45) is 11.8 Å². The van der Waals surface area contributed by atoms with E-state index < -0.39 is 0 Å². The molecule has 5 heterocycles. The highest BCUT2D eigenvalue weighted by Crippen LogP contribution is 2.67. The van der Waals surface area contributed by atoms with Crippen LogP contribution in [0.1, 0.15) is 32.3 Å². The first-order chi connectivity index (χ1) is 12.1. The zero-order chi connectivity index (χ0) is 16.9. The second kappa shape index (κ2) is 4.47. The molecule has 1 N–H and O–H groups in total. The maximum Gasteiger partial charge on any atom is 0.302 e. The first-order valence-corrected chi connectivity index (χ1v) is 9.59. The summed E-state index contributed by atoms with van der Waals surface area (Å²) in [6.07, 6.45) is 4.62. The Morgan fingerprint density at radius 1 is 1.36 bits per heavy atom. The summed E-state index contributed by atoms with van der Waals surface area (Å²) in [4.78, 5) is 14.8. The number of allylic oxidation sites excluding steroid dienone is 1. The van der Waals surface area contributed by atoms with Crippen LogP contribution >= 0.6 is 0 Å². The van der Waals surface area contributed by atoms with Crippen molar-refractivity contribution >= 4 is 11.7 Å². The van der Waals surface area contributed by atoms with Crippen molar-refractivity contribution in [2.75, 3.05) is 11.9 Å². The number of anilines is 1. The van der Waals surface area contributed by atoms with Gasteiger partial charge in [-0.15, -0.1) is 0 Å². The van der Waals surface area contributed by atoms with Crippen molar-refractivity contribution in [3.63, 3.8) is 0 Å². The van der Waals surface area contributed by atoms with E-state index in [0.717, 1.165) is 13.0 Å². The number of nitrogens with zero attached hydrogens (tertiary/aromatic N) is 1. The van der Waals surface area contributed by atoms with Gasteiger partial charge in [-0.05, 0) is 37.3 Å². The molecule has 0 aromatic heterocycles. The molecule has 1 aliphatic carbocycles. The number of fused-ring (bicyclic) bond motifs is 2. The normalized spacial score (nSPS) is 49.0. The average molecular weight is 336 g/mol. The molecule has 1 aromatic rings. The molecule has 1 spiro atoms. The largest absolute Gasteiger partial charge is 0.461 e. The van der Waals surface area contributed by atoms with Crippen LogP contribution < -0.4 is 5.32 Å². The molecule has 0 radical (unpaired) electrons. The Kier molecular flexibility index (Phi) is 2.57. The standard InChI is InChI=1S/C21H24N2O2/c1-3-12-10-23-16-8-13(12)18-17(23)9-21(20(18)25-11(2)24)14-6-4-5-7-15(14)22-19(16)21/h3-7,13,16-20,22H,8-10H2,1-2H3/b12-3-/t13-,16-,17-,18-,19-,20+,21+/m0/s1. The number of ether oxygens (including phenoxy) is 1. The molecule has 5 fully saturated rings. The summed E-state index contributed by atoms with van der Waals surface area (Å²) < 4.78 is 6.13. The molecule has 4 nitrogen and oxygen atoms in total. The molecule has 5 aliphatic heterocycles. The van der Waals surface area contributed by atoms with Gasteiger partial charge in [0.2, 0.25) is 0 Å². The lowest BCUT2D eigenvalue weighted by atomic mass is 9.65. The van der Waals surface area contributed by atoms with Gasteiger partial charge in [0.05, 0.1) is 11.5 Å². The van der Waals surface area contributed by atoms with E-state index in [9.17, 15) is 4.79 Å². The summed E-state index contributed by atoms with van der Waals surface area (Å²) in [5, 5.41) is 3.85. The number of para-hydroxylation sites is 1. The van der Waals surface area contributed by atoms with Crippen LogP contribution in [-0.4, -0.2) is 41.6 Å². The zero-order valence-electron chi connectivity index (χ0n) is 14.7. The molecule has 1 unspecified atom stereocenters. The lowest BCUT2D eigenvalue weighted by Gasteiger charge is -2.57. The fourth-order valence-corrected chi connectivity index (χ4v) is 7.20. The van der Waals surface area contributed by atoms with Crippen LogP contribution in [-0.2, 0) is 14.9 Å². The van der Waals surface area contributed by atoms with Crippen LogP contribution in [0.5, 0.6) is 0 Å². The van der Waals surface area contributed by atoms with Gasteiger partial charge in [-0.2, -0.15) is 0 Å². The molecular formula is C21H24N2O2. The van der Waals surface area contributed by atoms with Crippen LogP contribution in [0, 0.1) is 11.8 Å². The molecule has 6 aliphatic rings. The predicted molar refractivity (Wildman–Crippen MR) is 95.3 cm³/mol. The van der Waals surface area contributed by atoms with Gasteiger partial charge in [0.25, 0.3) is 0 Å². The van der Waals surface area contributed by atoms with Crippen LogP contribution in [0.4, 0.5) is 5.69 Å². The molecule has 1 aromatic carbocycles. The molecule has 8 atom stereocenters. The van der Waals surface area contributed by atoms with Crippen LogP contribution in [0.2, 0.25) is 0 Å². The number of esters is 1. The van der Waals surface area contributed by atoms with E-state index in [1.165, 1.54) is 17.7 Å². The molecule has 7 rings (SSSR count). The third kappa shape index (κ3) is 1.48. The fourth-order valence-electron chi connectivity index (χ4n) is 7.20. The number of hydrogen-bond acceptors (Lipinski definition) is 4. The van der Waals surface area contributed by atoms with Gasteiger partial charge in [0, 0.05) is 37.2 Å². The maximum absolute atomic E-state index is 12.0. The summed E-state index contributed by atoms with van der Waals surface area (Å²) in [6.45, 7) is 4.84. The summed E-state index contributed by atoms with van der Waals surface area (Å²) >= 11 is 0. The van der Waals surface area contributed by atoms with Crippen LogP contribution in [0.25, 0.3) is 0 Å². The summed E-state index contributed by atoms with van der Waals surface area (Å²) in [7, 11) is 0. The topological polar surface area (TPSA) is 41.6 Å². The summed E-state index contributed by atoms with van der Waals surface area (Å²) in [5.41, 5.74) is 4.14. The van der Waals surface area contributed by atoms with Gasteiger partial charge >= 0.3 is 5.97 Å². The minimum Gasteiger partial charge on any atom is -0.461 e. The summed E-state index contributed by atoms with van der Waals surface area (Å²) in [5.74, 6) is 0.887. The summed E-state index contributed by atoms with van der Waals surface area (Å²) in [6, 6.07) is 10.2. The molecule has 25 heavy (non-hydrogen) atoms. The molecule has 4 saturated heterocycles. The van der Waals surface area contributed by atoms with E-state index in [4.69, 9.17) is 4.74 Å².